The van der Waals surface area contributed by atoms with Crippen LogP contribution < -0.4 is 15.1 Å². The van der Waals surface area contributed by atoms with Gasteiger partial charge in [0, 0.05) is 55.3 Å². The fourth-order valence-corrected chi connectivity index (χ4v) is 9.27. The van der Waals surface area contributed by atoms with Gasteiger partial charge in [0.1, 0.15) is 11.4 Å². The fourth-order valence-electron chi connectivity index (χ4n) is 9.05. The molecule has 13 nitrogen and oxygen atoms in total. The number of carbonyl (C=O) groups is 4. The summed E-state index contributed by atoms with van der Waals surface area (Å²) in [5, 5.41) is 19.5. The molecule has 2 N–H and O–H groups in total. The predicted molar refractivity (Wildman–Crippen MR) is 214 cm³/mol. The highest BCUT2D eigenvalue weighted by Crippen LogP contribution is 2.49. The van der Waals surface area contributed by atoms with Gasteiger partial charge in [-0.05, 0) is 120 Å². The topological polar surface area (TPSA) is 144 Å². The van der Waals surface area contributed by atoms with E-state index in [1.807, 2.05) is 15.8 Å². The second-order valence-corrected chi connectivity index (χ2v) is 16.9. The Morgan fingerprint density at radius 1 is 0.966 bits per heavy atom. The van der Waals surface area contributed by atoms with Gasteiger partial charge in [-0.2, -0.15) is 18.3 Å². The quantitative estimate of drug-likeness (QED) is 0.184. The van der Waals surface area contributed by atoms with Gasteiger partial charge in [-0.1, -0.05) is 17.7 Å². The number of aliphatic hydroxyl groups is 1. The SMILES string of the molecule is CN(CCC1CCN(C(=O)c2ccc(Cl)c(N3CCC(=O)NC3=O)c2)CC1)CC1CCC(n2cc3cc4c(cc3n2)[C@](C)(O)N4C(=O)c2cccc(C(F)(F)F)n2)CC1. The Hall–Kier alpha value is -5.06. The molecule has 0 unspecified atom stereocenters. The first-order valence-corrected chi connectivity index (χ1v) is 20.5. The summed E-state index contributed by atoms with van der Waals surface area (Å²) in [6.45, 7) is 4.92. The van der Waals surface area contributed by atoms with Crippen LogP contribution in [0.2, 0.25) is 5.02 Å². The van der Waals surface area contributed by atoms with E-state index < -0.39 is 35.2 Å². The van der Waals surface area contributed by atoms with E-state index in [1.54, 1.807) is 30.3 Å². The first-order valence-electron chi connectivity index (χ1n) is 20.1. The number of hydrogen-bond donors (Lipinski definition) is 2. The molecule has 1 saturated carbocycles. The molecule has 2 saturated heterocycles. The summed E-state index contributed by atoms with van der Waals surface area (Å²) in [7, 11) is 2.17. The molecular weight excluding hydrogens is 789 g/mol. The molecular formula is C42H46ClF3N8O5. The van der Waals surface area contributed by atoms with Crippen molar-refractivity contribution in [1.82, 2.24) is 29.9 Å². The van der Waals surface area contributed by atoms with E-state index in [4.69, 9.17) is 16.7 Å². The van der Waals surface area contributed by atoms with Gasteiger partial charge in [-0.15, -0.1) is 0 Å². The Morgan fingerprint density at radius 3 is 2.42 bits per heavy atom. The number of nitrogens with zero attached hydrogens (tertiary/aromatic N) is 7. The Labute approximate surface area is 344 Å². The number of halogens is 4. The third-order valence-corrected chi connectivity index (χ3v) is 12.7. The number of fused-ring (bicyclic) bond motifs is 2. The van der Waals surface area contributed by atoms with Crippen molar-refractivity contribution in [2.75, 3.05) is 49.6 Å². The van der Waals surface area contributed by atoms with Crippen molar-refractivity contribution in [2.24, 2.45) is 11.8 Å². The maximum absolute atomic E-state index is 13.4. The molecule has 0 radical (unpaired) electrons. The number of anilines is 2. The molecule has 1 atom stereocenters. The zero-order valence-corrected chi connectivity index (χ0v) is 33.6. The summed E-state index contributed by atoms with van der Waals surface area (Å²) in [6, 6.07) is 11.2. The number of alkyl halides is 3. The van der Waals surface area contributed by atoms with Crippen molar-refractivity contribution in [3.05, 3.63) is 82.3 Å². The molecule has 59 heavy (non-hydrogen) atoms. The second-order valence-electron chi connectivity index (χ2n) is 16.5. The van der Waals surface area contributed by atoms with Gasteiger partial charge in [0.2, 0.25) is 5.91 Å². The van der Waals surface area contributed by atoms with E-state index in [0.29, 0.717) is 58.0 Å². The van der Waals surface area contributed by atoms with Crippen LogP contribution in [0, 0.1) is 11.8 Å². The first kappa shape index (κ1) is 40.7. The number of carbonyl (C=O) groups excluding carboxylic acids is 4. The molecule has 5 amide bonds. The number of likely N-dealkylation sites (tertiary alicyclic amines) is 1. The van der Waals surface area contributed by atoms with Crippen LogP contribution in [0.5, 0.6) is 0 Å². The third kappa shape index (κ3) is 8.14. The van der Waals surface area contributed by atoms with Crippen LogP contribution >= 0.6 is 11.6 Å². The van der Waals surface area contributed by atoms with Crippen LogP contribution in [0.1, 0.15) is 96.4 Å². The monoisotopic (exact) mass is 834 g/mol. The Kier molecular flexibility index (Phi) is 10.9. The van der Waals surface area contributed by atoms with Crippen molar-refractivity contribution in [3.63, 3.8) is 0 Å². The Bertz CT molecular complexity index is 2300. The summed E-state index contributed by atoms with van der Waals surface area (Å²) in [6.07, 6.45) is 4.31. The molecule has 3 aliphatic heterocycles. The average Bonchev–Trinajstić information content (AvgIpc) is 3.63. The molecule has 2 aromatic heterocycles. The van der Waals surface area contributed by atoms with Crippen LogP contribution in [0.25, 0.3) is 10.9 Å². The van der Waals surface area contributed by atoms with Crippen molar-refractivity contribution in [2.45, 2.75) is 76.2 Å². The highest BCUT2D eigenvalue weighted by molar-refractivity contribution is 6.34. The van der Waals surface area contributed by atoms with E-state index >= 15 is 0 Å². The van der Waals surface area contributed by atoms with Gasteiger partial charge >= 0.3 is 12.2 Å². The molecule has 312 valence electrons. The highest BCUT2D eigenvalue weighted by atomic mass is 35.5. The minimum atomic E-state index is -4.71. The van der Waals surface area contributed by atoms with Crippen LogP contribution in [0.3, 0.4) is 0 Å². The van der Waals surface area contributed by atoms with Crippen LogP contribution in [-0.4, -0.2) is 93.2 Å². The number of imide groups is 1. The minimum Gasteiger partial charge on any atom is -0.366 e. The molecule has 0 spiro atoms. The number of pyridine rings is 1. The van der Waals surface area contributed by atoms with Gasteiger partial charge in [0.15, 0.2) is 5.72 Å². The Balaban J connectivity index is 0.799. The van der Waals surface area contributed by atoms with Gasteiger partial charge in [0.05, 0.1) is 28.0 Å². The van der Waals surface area contributed by atoms with Crippen molar-refractivity contribution < 1.29 is 37.5 Å². The largest absolute Gasteiger partial charge is 0.433 e. The van der Waals surface area contributed by atoms with Crippen LogP contribution in [0.15, 0.2) is 54.7 Å². The van der Waals surface area contributed by atoms with Crippen molar-refractivity contribution in [3.8, 4) is 0 Å². The third-order valence-electron chi connectivity index (χ3n) is 12.4. The number of hydrogen-bond acceptors (Lipinski definition) is 8. The van der Waals surface area contributed by atoms with Gasteiger partial charge in [0.25, 0.3) is 11.8 Å². The van der Waals surface area contributed by atoms with Gasteiger partial charge in [-0.25, -0.2) is 9.78 Å². The molecule has 2 aromatic carbocycles. The number of benzene rings is 2. The van der Waals surface area contributed by atoms with E-state index in [0.717, 1.165) is 80.5 Å². The molecule has 1 aliphatic carbocycles. The lowest BCUT2D eigenvalue weighted by Crippen LogP contribution is -2.56. The lowest BCUT2D eigenvalue weighted by molar-refractivity contribution is -0.141. The summed E-state index contributed by atoms with van der Waals surface area (Å²) >= 11 is 6.39. The van der Waals surface area contributed by atoms with E-state index in [1.165, 1.54) is 17.9 Å². The minimum absolute atomic E-state index is 0.0967. The predicted octanol–water partition coefficient (Wildman–Crippen LogP) is 6.98. The van der Waals surface area contributed by atoms with E-state index in [9.17, 15) is 37.5 Å². The fraction of sp³-hybridized carbons (Fsp3) is 0.476. The summed E-state index contributed by atoms with van der Waals surface area (Å²) < 4.78 is 41.8. The average molecular weight is 835 g/mol. The zero-order chi connectivity index (χ0) is 41.8. The van der Waals surface area contributed by atoms with Crippen LogP contribution in [-0.2, 0) is 16.7 Å². The molecule has 5 heterocycles. The molecule has 8 rings (SSSR count). The standard InChI is InChI=1S/C42H46ClF3N8O5/c1-41(59)30-22-33-28(21-34(30)54(41)39(57)32-4-3-5-36(47-32)42(44,45)46)24-53(49-33)29-9-6-26(7-10-29)23-50(2)16-12-25-13-17-51(18-14-25)38(56)27-8-11-31(43)35(20-27)52-19-15-37(55)48-40(52)58/h3-5,8,11,20-22,24-26,29,59H,6-7,9-10,12-19,23H2,1-2H3,(H,48,55,58)/t26?,29?,41-/m0/s1. The maximum atomic E-state index is 13.4. The number of aromatic nitrogens is 3. The smallest absolute Gasteiger partial charge is 0.366 e. The van der Waals surface area contributed by atoms with Crippen molar-refractivity contribution in [1.29, 1.82) is 0 Å². The number of urea groups is 1. The van der Waals surface area contributed by atoms with E-state index in [2.05, 4.69) is 22.2 Å². The molecule has 0 bridgehead atoms. The summed E-state index contributed by atoms with van der Waals surface area (Å²) in [4.78, 5) is 61.1. The first-order chi connectivity index (χ1) is 28.1. The lowest BCUT2D eigenvalue weighted by atomic mass is 9.85. The number of rotatable bonds is 9. The maximum Gasteiger partial charge on any atom is 0.433 e. The van der Waals surface area contributed by atoms with Gasteiger partial charge < -0.3 is 14.9 Å². The number of nitrogens with one attached hydrogen (secondary N) is 1. The van der Waals surface area contributed by atoms with E-state index in [-0.39, 0.29) is 30.8 Å². The van der Waals surface area contributed by atoms with Gasteiger partial charge in [-0.3, -0.25) is 34.2 Å². The lowest BCUT2D eigenvalue weighted by Gasteiger charge is -2.47. The second kappa shape index (κ2) is 15.8. The zero-order valence-electron chi connectivity index (χ0n) is 32.8. The normalized spacial score (nSPS) is 22.7. The molecule has 4 aromatic rings. The molecule has 3 fully saturated rings. The number of piperidine rings is 1. The molecule has 4 aliphatic rings. The summed E-state index contributed by atoms with van der Waals surface area (Å²) in [5.74, 6) is -0.180. The van der Waals surface area contributed by atoms with Crippen LogP contribution in [0.4, 0.5) is 29.3 Å². The molecule has 17 heteroatoms. The summed E-state index contributed by atoms with van der Waals surface area (Å²) in [5.41, 5.74) is -0.879. The Morgan fingerprint density at radius 2 is 1.71 bits per heavy atom. The highest BCUT2D eigenvalue weighted by Gasteiger charge is 2.49. The van der Waals surface area contributed by atoms with Crippen molar-refractivity contribution >= 4 is 57.6 Å². The number of amides is 5.